The van der Waals surface area contributed by atoms with E-state index in [9.17, 15) is 68.7 Å². The highest BCUT2D eigenvalue weighted by Crippen LogP contribution is 2.51. The predicted octanol–water partition coefficient (Wildman–Crippen LogP) is 0.876. The number of sulfonamides is 2. The van der Waals surface area contributed by atoms with E-state index in [0.717, 1.165) is 0 Å². The third-order valence-corrected chi connectivity index (χ3v) is 6.06. The van der Waals surface area contributed by atoms with E-state index in [0.29, 0.717) is 0 Å². The predicted molar refractivity (Wildman–Crippen MR) is 51.9 cm³/mol. The molecule has 0 rings (SSSR count). The molecular formula is C4HF10NO6S3. The summed E-state index contributed by atoms with van der Waals surface area (Å²) in [5.74, 6) is -7.71. The molecule has 1 N–H and O–H groups in total. The summed E-state index contributed by atoms with van der Waals surface area (Å²) in [4.78, 5) is 0. The Hall–Kier alpha value is -0.890. The van der Waals surface area contributed by atoms with Gasteiger partial charge in [0.15, 0.2) is 0 Å². The fraction of sp³-hybridized carbons (Fsp3) is 1.00. The molecule has 0 saturated carbocycles. The summed E-state index contributed by atoms with van der Waals surface area (Å²) in [6.45, 7) is 0. The first-order valence-electron chi connectivity index (χ1n) is 4.38. The standard InChI is InChI=1S/C4HF10NO6S3/c5-1(6,2(7,8)22(14,16)17)3(9,10)23(18,19)15-24(20,21)4(11,12)13/h15H. The van der Waals surface area contributed by atoms with Crippen molar-refractivity contribution in [2.45, 2.75) is 21.9 Å². The third kappa shape index (κ3) is 3.40. The maximum atomic E-state index is 13.0. The molecular weight excluding hydrogens is 444 g/mol. The molecule has 20 heteroatoms. The van der Waals surface area contributed by atoms with Crippen LogP contribution in [0.2, 0.25) is 0 Å². The van der Waals surface area contributed by atoms with Crippen molar-refractivity contribution in [3.63, 3.8) is 0 Å². The lowest BCUT2D eigenvalue weighted by Crippen LogP contribution is -2.63. The maximum absolute atomic E-state index is 13.0. The zero-order valence-corrected chi connectivity index (χ0v) is 12.4. The molecule has 0 aliphatic heterocycles. The van der Waals surface area contributed by atoms with Gasteiger partial charge in [0.05, 0.1) is 0 Å². The van der Waals surface area contributed by atoms with E-state index in [4.69, 9.17) is 0 Å². The Morgan fingerprint density at radius 3 is 1.17 bits per heavy atom. The van der Waals surface area contributed by atoms with Crippen molar-refractivity contribution in [2.75, 3.05) is 0 Å². The summed E-state index contributed by atoms with van der Waals surface area (Å²) < 4.78 is 185. The summed E-state index contributed by atoms with van der Waals surface area (Å²) in [6, 6.07) is 0. The number of nitrogens with one attached hydrogen (secondary N) is 1. The van der Waals surface area contributed by atoms with Crippen molar-refractivity contribution in [1.29, 1.82) is 0 Å². The first kappa shape index (κ1) is 23.1. The SMILES string of the molecule is O=S(=O)(F)C(F)(F)C(F)(F)C(F)(F)S(=O)(=O)NS(=O)(=O)C(F)(F)F. The van der Waals surface area contributed by atoms with E-state index >= 15 is 0 Å². The van der Waals surface area contributed by atoms with Crippen LogP contribution < -0.4 is 4.13 Å². The highest BCUT2D eigenvalue weighted by atomic mass is 32.3. The minimum absolute atomic E-state index is 1.02. The largest absolute Gasteiger partial charge is 0.512 e. The normalized spacial score (nSPS) is 16.2. The maximum Gasteiger partial charge on any atom is 0.512 e. The minimum Gasteiger partial charge on any atom is -0.205 e. The smallest absolute Gasteiger partial charge is 0.205 e. The molecule has 0 saturated heterocycles. The summed E-state index contributed by atoms with van der Waals surface area (Å²) in [5.41, 5.74) is -6.67. The minimum atomic E-state index is -7.90. The van der Waals surface area contributed by atoms with Gasteiger partial charge in [0, 0.05) is 0 Å². The number of hydrogen-bond acceptors (Lipinski definition) is 6. The first-order chi connectivity index (χ1) is 9.96. The van der Waals surface area contributed by atoms with Crippen molar-refractivity contribution < 1.29 is 68.7 Å². The van der Waals surface area contributed by atoms with Crippen LogP contribution in [0.15, 0.2) is 0 Å². The molecule has 0 aliphatic rings. The number of alkyl halides is 9. The van der Waals surface area contributed by atoms with Gasteiger partial charge in [-0.25, -0.2) is 16.8 Å². The van der Waals surface area contributed by atoms with Crippen molar-refractivity contribution in [3.8, 4) is 0 Å². The average molecular weight is 445 g/mol. The first-order valence-corrected chi connectivity index (χ1v) is 8.73. The Labute approximate surface area is 125 Å². The van der Waals surface area contributed by atoms with Crippen molar-refractivity contribution in [2.24, 2.45) is 0 Å². The van der Waals surface area contributed by atoms with Crippen LogP contribution in [0, 0.1) is 0 Å². The average Bonchev–Trinajstić information content (AvgIpc) is 2.23. The van der Waals surface area contributed by atoms with Crippen LogP contribution in [-0.4, -0.2) is 47.2 Å². The van der Waals surface area contributed by atoms with Crippen LogP contribution in [0.5, 0.6) is 0 Å². The Morgan fingerprint density at radius 1 is 0.583 bits per heavy atom. The number of halogens is 10. The summed E-state index contributed by atoms with van der Waals surface area (Å²) in [6.07, 6.45) is 0. The zero-order chi connectivity index (χ0) is 20.2. The van der Waals surface area contributed by atoms with E-state index in [-0.39, 0.29) is 0 Å². The Bertz CT molecular complexity index is 807. The second-order valence-electron chi connectivity index (χ2n) is 3.58. The van der Waals surface area contributed by atoms with Crippen molar-refractivity contribution >= 4 is 30.3 Å². The Kier molecular flexibility index (Phi) is 5.35. The van der Waals surface area contributed by atoms with Crippen LogP contribution in [0.25, 0.3) is 0 Å². The van der Waals surface area contributed by atoms with Crippen LogP contribution in [-0.2, 0) is 30.3 Å². The molecule has 0 amide bonds. The van der Waals surface area contributed by atoms with E-state index < -0.39 is 56.3 Å². The van der Waals surface area contributed by atoms with Gasteiger partial charge in [0.25, 0.3) is 10.0 Å². The van der Waals surface area contributed by atoms with Gasteiger partial charge in [0.2, 0.25) is 0 Å². The monoisotopic (exact) mass is 445 g/mol. The highest BCUT2D eigenvalue weighted by Gasteiger charge is 2.83. The Morgan fingerprint density at radius 2 is 0.917 bits per heavy atom. The van der Waals surface area contributed by atoms with Gasteiger partial charge in [-0.2, -0.15) is 47.9 Å². The molecule has 24 heavy (non-hydrogen) atoms. The van der Waals surface area contributed by atoms with Gasteiger partial charge in [-0.1, -0.05) is 8.01 Å². The van der Waals surface area contributed by atoms with Crippen molar-refractivity contribution in [3.05, 3.63) is 0 Å². The van der Waals surface area contributed by atoms with Crippen LogP contribution in [0.1, 0.15) is 0 Å². The number of hydrogen-bond donors (Lipinski definition) is 1. The van der Waals surface area contributed by atoms with E-state index in [1.807, 2.05) is 0 Å². The Balaban J connectivity index is 6.36. The lowest BCUT2D eigenvalue weighted by atomic mass is 10.3. The summed E-state index contributed by atoms with van der Waals surface area (Å²) in [5, 5.41) is -15.0. The fourth-order valence-corrected chi connectivity index (χ4v) is 3.65. The summed E-state index contributed by atoms with van der Waals surface area (Å²) >= 11 is 0. The molecule has 0 bridgehead atoms. The topological polar surface area (TPSA) is 114 Å². The van der Waals surface area contributed by atoms with Gasteiger partial charge in [-0.3, -0.25) is 0 Å². The molecule has 0 fully saturated rings. The lowest BCUT2D eigenvalue weighted by Gasteiger charge is -2.29. The van der Waals surface area contributed by atoms with Crippen molar-refractivity contribution in [1.82, 2.24) is 4.13 Å². The van der Waals surface area contributed by atoms with Crippen LogP contribution in [0.4, 0.5) is 43.4 Å². The van der Waals surface area contributed by atoms with Gasteiger partial charge in [-0.15, -0.1) is 0 Å². The fourth-order valence-electron chi connectivity index (χ4n) is 0.735. The third-order valence-electron chi connectivity index (χ3n) is 1.90. The molecule has 146 valence electrons. The number of rotatable bonds is 6. The second-order valence-corrected chi connectivity index (χ2v) is 8.63. The molecule has 0 aromatic heterocycles. The van der Waals surface area contributed by atoms with Crippen LogP contribution >= 0.6 is 0 Å². The van der Waals surface area contributed by atoms with Gasteiger partial charge in [-0.05, 0) is 0 Å². The van der Waals surface area contributed by atoms with E-state index in [1.54, 1.807) is 0 Å². The summed E-state index contributed by atoms with van der Waals surface area (Å²) in [7, 11) is -23.1. The lowest BCUT2D eigenvalue weighted by molar-refractivity contribution is -0.245. The molecule has 0 spiro atoms. The molecule has 0 aromatic rings. The van der Waals surface area contributed by atoms with Gasteiger partial charge < -0.3 is 0 Å². The molecule has 7 nitrogen and oxygen atoms in total. The molecule has 0 unspecified atom stereocenters. The molecule has 0 heterocycles. The quantitative estimate of drug-likeness (QED) is 0.480. The highest BCUT2D eigenvalue weighted by molar-refractivity contribution is 8.05. The molecule has 0 radical (unpaired) electrons. The van der Waals surface area contributed by atoms with E-state index in [2.05, 4.69) is 0 Å². The van der Waals surface area contributed by atoms with E-state index in [1.165, 1.54) is 0 Å². The zero-order valence-electron chi connectivity index (χ0n) is 9.95. The molecule has 0 aromatic carbocycles. The van der Waals surface area contributed by atoms with Gasteiger partial charge in [0.1, 0.15) is 0 Å². The molecule has 0 aliphatic carbocycles. The van der Waals surface area contributed by atoms with Gasteiger partial charge >= 0.3 is 42.2 Å². The second kappa shape index (κ2) is 5.56. The van der Waals surface area contributed by atoms with Crippen LogP contribution in [0.3, 0.4) is 0 Å². The molecule has 0 atom stereocenters.